The molecule has 36 heavy (non-hydrogen) atoms. The number of aromatic amines is 1. The molecule has 0 bridgehead atoms. The first-order chi connectivity index (χ1) is 17.7. The lowest BCUT2D eigenvalue weighted by molar-refractivity contribution is 0.615. The van der Waals surface area contributed by atoms with Crippen LogP contribution in [-0.2, 0) is 13.0 Å². The van der Waals surface area contributed by atoms with Crippen molar-refractivity contribution in [2.45, 2.75) is 25.8 Å². The SMILES string of the molecule is NCCCCn1c(Cc2ccccc2)c(-c2nc3c(ccc4ccccc43)[nH]c2=O)c2ccccc21. The average molecular weight is 473 g/mol. The van der Waals surface area contributed by atoms with Crippen molar-refractivity contribution in [3.8, 4) is 11.3 Å². The Kier molecular flexibility index (Phi) is 5.84. The Hall–Kier alpha value is -4.22. The highest BCUT2D eigenvalue weighted by atomic mass is 16.1. The Morgan fingerprint density at radius 3 is 2.39 bits per heavy atom. The van der Waals surface area contributed by atoms with E-state index in [1.165, 1.54) is 5.56 Å². The predicted octanol–water partition coefficient (Wildman–Crippen LogP) is 6.03. The summed E-state index contributed by atoms with van der Waals surface area (Å²) in [7, 11) is 0. The van der Waals surface area contributed by atoms with E-state index in [2.05, 4.69) is 64.1 Å². The van der Waals surface area contributed by atoms with Gasteiger partial charge in [0.15, 0.2) is 0 Å². The molecule has 0 atom stereocenters. The van der Waals surface area contributed by atoms with E-state index in [9.17, 15) is 4.79 Å². The quantitative estimate of drug-likeness (QED) is 0.220. The number of unbranched alkanes of at least 4 members (excludes halogenated alkanes) is 1. The summed E-state index contributed by atoms with van der Waals surface area (Å²) in [6, 6.07) is 30.9. The molecule has 5 nitrogen and oxygen atoms in total. The van der Waals surface area contributed by atoms with E-state index in [0.29, 0.717) is 18.7 Å². The zero-order valence-corrected chi connectivity index (χ0v) is 20.1. The second kappa shape index (κ2) is 9.44. The average Bonchev–Trinajstić information content (AvgIpc) is 3.21. The molecule has 0 spiro atoms. The summed E-state index contributed by atoms with van der Waals surface area (Å²) in [6.45, 7) is 1.51. The number of nitrogens with two attached hydrogens (primary N) is 1. The molecule has 0 saturated heterocycles. The van der Waals surface area contributed by atoms with Gasteiger partial charge in [0.1, 0.15) is 5.69 Å². The number of rotatable bonds is 7. The fraction of sp³-hybridized carbons (Fsp3) is 0.161. The van der Waals surface area contributed by atoms with Gasteiger partial charge in [-0.25, -0.2) is 4.98 Å². The molecular formula is C31H28N4O. The van der Waals surface area contributed by atoms with Crippen LogP contribution in [-0.4, -0.2) is 21.1 Å². The van der Waals surface area contributed by atoms with Gasteiger partial charge in [0.25, 0.3) is 5.56 Å². The lowest BCUT2D eigenvalue weighted by Gasteiger charge is -2.13. The van der Waals surface area contributed by atoms with Crippen molar-refractivity contribution in [2.75, 3.05) is 6.54 Å². The maximum absolute atomic E-state index is 13.5. The Morgan fingerprint density at radius 2 is 1.56 bits per heavy atom. The summed E-state index contributed by atoms with van der Waals surface area (Å²) in [4.78, 5) is 21.7. The molecule has 6 rings (SSSR count). The fourth-order valence-electron chi connectivity index (χ4n) is 5.25. The van der Waals surface area contributed by atoms with Crippen molar-refractivity contribution >= 4 is 32.7 Å². The van der Waals surface area contributed by atoms with Crippen molar-refractivity contribution in [2.24, 2.45) is 5.73 Å². The topological polar surface area (TPSA) is 76.7 Å². The zero-order chi connectivity index (χ0) is 24.5. The molecule has 4 aromatic carbocycles. The number of aromatic nitrogens is 3. The second-order valence-corrected chi connectivity index (χ2v) is 9.25. The van der Waals surface area contributed by atoms with E-state index in [0.717, 1.165) is 63.4 Å². The van der Waals surface area contributed by atoms with E-state index in [-0.39, 0.29) is 5.56 Å². The molecule has 3 N–H and O–H groups in total. The van der Waals surface area contributed by atoms with Gasteiger partial charge in [-0.05, 0) is 42.5 Å². The molecule has 0 radical (unpaired) electrons. The van der Waals surface area contributed by atoms with Crippen LogP contribution in [0.25, 0.3) is 44.0 Å². The first-order valence-electron chi connectivity index (χ1n) is 12.5. The molecule has 2 heterocycles. The standard InChI is InChI=1S/C31H28N4O/c32-18-8-9-19-35-26-15-7-6-14-24(26)28(27(35)20-21-10-2-1-3-11-21)30-31(36)33-25-17-16-22-12-4-5-13-23(22)29(25)34-30/h1-7,10-17H,8-9,18-20,32H2,(H,33,36). The van der Waals surface area contributed by atoms with Gasteiger partial charge in [-0.15, -0.1) is 0 Å². The van der Waals surface area contributed by atoms with Gasteiger partial charge in [0.2, 0.25) is 0 Å². The highest BCUT2D eigenvalue weighted by molar-refractivity contribution is 6.05. The number of nitrogens with one attached hydrogen (secondary N) is 1. The smallest absolute Gasteiger partial charge is 0.275 e. The van der Waals surface area contributed by atoms with Gasteiger partial charge in [0, 0.05) is 40.5 Å². The zero-order valence-electron chi connectivity index (χ0n) is 20.1. The van der Waals surface area contributed by atoms with Crippen molar-refractivity contribution in [1.82, 2.24) is 14.5 Å². The Labute approximate surface area is 209 Å². The third kappa shape index (κ3) is 3.88. The van der Waals surface area contributed by atoms with Crippen LogP contribution in [0, 0.1) is 0 Å². The number of para-hydroxylation sites is 1. The Morgan fingerprint density at radius 1 is 0.806 bits per heavy atom. The van der Waals surface area contributed by atoms with Crippen LogP contribution in [0.15, 0.2) is 95.8 Å². The molecule has 0 unspecified atom stereocenters. The van der Waals surface area contributed by atoms with E-state index in [1.807, 2.05) is 36.4 Å². The van der Waals surface area contributed by atoms with Gasteiger partial charge < -0.3 is 15.3 Å². The fourth-order valence-corrected chi connectivity index (χ4v) is 5.25. The van der Waals surface area contributed by atoms with Gasteiger partial charge in [-0.3, -0.25) is 4.79 Å². The van der Waals surface area contributed by atoms with Crippen LogP contribution in [0.2, 0.25) is 0 Å². The van der Waals surface area contributed by atoms with Crippen molar-refractivity contribution in [3.63, 3.8) is 0 Å². The van der Waals surface area contributed by atoms with Gasteiger partial charge in [-0.1, -0.05) is 78.9 Å². The number of H-pyrrole nitrogens is 1. The first kappa shape index (κ1) is 22.3. The number of aryl methyl sites for hydroxylation is 1. The molecule has 0 fully saturated rings. The monoisotopic (exact) mass is 472 g/mol. The molecule has 5 heteroatoms. The third-order valence-electron chi connectivity index (χ3n) is 6.95. The summed E-state index contributed by atoms with van der Waals surface area (Å²) in [5.41, 5.74) is 12.0. The van der Waals surface area contributed by atoms with Crippen LogP contribution in [0.3, 0.4) is 0 Å². The number of fused-ring (bicyclic) bond motifs is 4. The molecular weight excluding hydrogens is 444 g/mol. The second-order valence-electron chi connectivity index (χ2n) is 9.25. The summed E-state index contributed by atoms with van der Waals surface area (Å²) < 4.78 is 2.36. The highest BCUT2D eigenvalue weighted by Gasteiger charge is 2.22. The number of benzene rings is 4. The maximum Gasteiger partial charge on any atom is 0.275 e. The summed E-state index contributed by atoms with van der Waals surface area (Å²) in [5.74, 6) is 0. The Bertz CT molecular complexity index is 1750. The highest BCUT2D eigenvalue weighted by Crippen LogP contribution is 2.35. The van der Waals surface area contributed by atoms with Crippen molar-refractivity contribution in [1.29, 1.82) is 0 Å². The molecule has 0 aliphatic rings. The molecule has 0 aliphatic carbocycles. The maximum atomic E-state index is 13.5. The third-order valence-corrected chi connectivity index (χ3v) is 6.95. The van der Waals surface area contributed by atoms with E-state index >= 15 is 0 Å². The molecule has 0 aliphatic heterocycles. The predicted molar refractivity (Wildman–Crippen MR) is 148 cm³/mol. The minimum absolute atomic E-state index is 0.169. The summed E-state index contributed by atoms with van der Waals surface area (Å²) >= 11 is 0. The van der Waals surface area contributed by atoms with Crippen LogP contribution >= 0.6 is 0 Å². The first-order valence-corrected chi connectivity index (χ1v) is 12.5. The number of hydrogen-bond donors (Lipinski definition) is 2. The van der Waals surface area contributed by atoms with E-state index in [4.69, 9.17) is 10.7 Å². The van der Waals surface area contributed by atoms with Gasteiger partial charge in [-0.2, -0.15) is 0 Å². The lowest BCUT2D eigenvalue weighted by Crippen LogP contribution is -2.13. The lowest BCUT2D eigenvalue weighted by atomic mass is 10.0. The van der Waals surface area contributed by atoms with Gasteiger partial charge in [0.05, 0.1) is 11.0 Å². The minimum Gasteiger partial charge on any atom is -0.344 e. The van der Waals surface area contributed by atoms with Crippen LogP contribution < -0.4 is 11.3 Å². The molecule has 178 valence electrons. The summed E-state index contributed by atoms with van der Waals surface area (Å²) in [6.07, 6.45) is 2.64. The van der Waals surface area contributed by atoms with Crippen LogP contribution in [0.4, 0.5) is 0 Å². The molecule has 0 amide bonds. The van der Waals surface area contributed by atoms with E-state index < -0.39 is 0 Å². The molecule has 2 aromatic heterocycles. The minimum atomic E-state index is -0.169. The number of hydrogen-bond acceptors (Lipinski definition) is 3. The molecule has 0 saturated carbocycles. The summed E-state index contributed by atoms with van der Waals surface area (Å²) in [5, 5.41) is 3.18. The normalized spacial score (nSPS) is 11.6. The van der Waals surface area contributed by atoms with Crippen molar-refractivity contribution in [3.05, 3.63) is 113 Å². The molecule has 6 aromatic rings. The van der Waals surface area contributed by atoms with Gasteiger partial charge >= 0.3 is 0 Å². The van der Waals surface area contributed by atoms with Crippen LogP contribution in [0.1, 0.15) is 24.1 Å². The number of nitrogens with zero attached hydrogens (tertiary/aromatic N) is 2. The van der Waals surface area contributed by atoms with Crippen LogP contribution in [0.5, 0.6) is 0 Å². The Balaban J connectivity index is 1.65. The largest absolute Gasteiger partial charge is 0.344 e. The van der Waals surface area contributed by atoms with E-state index in [1.54, 1.807) is 0 Å². The van der Waals surface area contributed by atoms with Crippen molar-refractivity contribution < 1.29 is 0 Å².